The number of aliphatic carboxylic acids is 1. The van der Waals surface area contributed by atoms with Crippen LogP contribution in [-0.4, -0.2) is 40.8 Å². The highest BCUT2D eigenvalue weighted by molar-refractivity contribution is 7.90. The maximum Gasteiger partial charge on any atom is 0.323 e. The van der Waals surface area contributed by atoms with E-state index >= 15 is 0 Å². The van der Waals surface area contributed by atoms with Crippen LogP contribution in [0.2, 0.25) is 0 Å². The van der Waals surface area contributed by atoms with E-state index in [1.807, 2.05) is 0 Å². The smallest absolute Gasteiger partial charge is 0.323 e. The number of aromatic nitrogens is 2. The van der Waals surface area contributed by atoms with Crippen molar-refractivity contribution in [3.8, 4) is 0 Å². The number of imidazole rings is 1. The summed E-state index contributed by atoms with van der Waals surface area (Å²) in [5, 5.41) is 7.15. The van der Waals surface area contributed by atoms with E-state index < -0.39 is 21.2 Å². The number of hydrogen-bond donors (Lipinski definition) is 2. The van der Waals surface area contributed by atoms with Crippen molar-refractivity contribution < 1.29 is 18.3 Å². The van der Waals surface area contributed by atoms with Crippen LogP contribution < -0.4 is 4.72 Å². The van der Waals surface area contributed by atoms with Gasteiger partial charge in [-0.2, -0.15) is 0 Å². The van der Waals surface area contributed by atoms with Crippen LogP contribution in [0.4, 0.5) is 0 Å². The van der Waals surface area contributed by atoms with Gasteiger partial charge in [-0.3, -0.25) is 4.79 Å². The van der Waals surface area contributed by atoms with Gasteiger partial charge >= 0.3 is 5.97 Å². The van der Waals surface area contributed by atoms with Gasteiger partial charge in [-0.25, -0.2) is 18.1 Å². The van der Waals surface area contributed by atoms with Crippen molar-refractivity contribution in [2.45, 2.75) is 18.6 Å². The summed E-state index contributed by atoms with van der Waals surface area (Å²) >= 11 is 0. The summed E-state index contributed by atoms with van der Waals surface area (Å²) in [5.41, 5.74) is 0. The van der Waals surface area contributed by atoms with E-state index in [-0.39, 0.29) is 6.54 Å². The standard InChI is InChI=1S/C9H15N3O4S/c1-7(9(13)14)17(15,16)11-4-3-8-10-5-6-12(8)2/h5-7,11H,3-4H2,1-2H3,(H,13,14). The van der Waals surface area contributed by atoms with E-state index in [9.17, 15) is 13.2 Å². The monoisotopic (exact) mass is 261 g/mol. The molecule has 1 aromatic heterocycles. The van der Waals surface area contributed by atoms with Crippen LogP contribution in [-0.2, 0) is 28.3 Å². The fraction of sp³-hybridized carbons (Fsp3) is 0.556. The molecule has 0 aliphatic rings. The number of nitrogens with zero attached hydrogens (tertiary/aromatic N) is 2. The second kappa shape index (κ2) is 5.28. The second-order valence-corrected chi connectivity index (χ2v) is 5.71. The number of rotatable bonds is 6. The maximum atomic E-state index is 11.5. The number of nitrogens with one attached hydrogen (secondary N) is 1. The molecule has 0 aliphatic carbocycles. The summed E-state index contributed by atoms with van der Waals surface area (Å²) in [7, 11) is -2.01. The van der Waals surface area contributed by atoms with Crippen molar-refractivity contribution in [1.82, 2.24) is 14.3 Å². The molecule has 96 valence electrons. The molecule has 0 amide bonds. The molecule has 0 aliphatic heterocycles. The normalized spacial score (nSPS) is 13.5. The van der Waals surface area contributed by atoms with Gasteiger partial charge in [-0.05, 0) is 6.92 Å². The van der Waals surface area contributed by atoms with Gasteiger partial charge in [0.1, 0.15) is 5.82 Å². The molecule has 1 heterocycles. The van der Waals surface area contributed by atoms with Gasteiger partial charge in [0, 0.05) is 32.4 Å². The third-order valence-electron chi connectivity index (χ3n) is 2.39. The molecule has 17 heavy (non-hydrogen) atoms. The molecule has 1 rings (SSSR count). The van der Waals surface area contributed by atoms with Crippen LogP contribution in [0, 0.1) is 0 Å². The Labute approximate surface area is 99.5 Å². The molecular formula is C9H15N3O4S. The number of carboxylic acid groups (broad SMARTS) is 1. The summed E-state index contributed by atoms with van der Waals surface area (Å²) in [4.78, 5) is 14.6. The fourth-order valence-corrected chi connectivity index (χ4v) is 2.10. The van der Waals surface area contributed by atoms with Gasteiger partial charge in [-0.1, -0.05) is 0 Å². The van der Waals surface area contributed by atoms with Crippen molar-refractivity contribution >= 4 is 16.0 Å². The van der Waals surface area contributed by atoms with Gasteiger partial charge in [0.15, 0.2) is 5.25 Å². The topological polar surface area (TPSA) is 101 Å². The minimum Gasteiger partial charge on any atom is -0.480 e. The Bertz CT molecular complexity index is 494. The predicted molar refractivity (Wildman–Crippen MR) is 60.9 cm³/mol. The van der Waals surface area contributed by atoms with Gasteiger partial charge < -0.3 is 9.67 Å². The number of carboxylic acids is 1. The Morgan fingerprint density at radius 3 is 2.76 bits per heavy atom. The summed E-state index contributed by atoms with van der Waals surface area (Å²) < 4.78 is 26.9. The summed E-state index contributed by atoms with van der Waals surface area (Å²) in [6.07, 6.45) is 3.78. The molecule has 1 aromatic rings. The molecule has 0 saturated carbocycles. The maximum absolute atomic E-state index is 11.5. The number of carbonyl (C=O) groups is 1. The average Bonchev–Trinajstić information content (AvgIpc) is 2.63. The van der Waals surface area contributed by atoms with Crippen molar-refractivity contribution in [2.24, 2.45) is 7.05 Å². The minimum atomic E-state index is -3.81. The molecule has 0 radical (unpaired) electrons. The van der Waals surface area contributed by atoms with Gasteiger partial charge in [0.2, 0.25) is 10.0 Å². The highest BCUT2D eigenvalue weighted by Crippen LogP contribution is 1.99. The van der Waals surface area contributed by atoms with Crippen LogP contribution in [0.1, 0.15) is 12.7 Å². The number of hydrogen-bond acceptors (Lipinski definition) is 4. The Hall–Kier alpha value is -1.41. The highest BCUT2D eigenvalue weighted by atomic mass is 32.2. The largest absolute Gasteiger partial charge is 0.480 e. The van der Waals surface area contributed by atoms with Gasteiger partial charge in [0.05, 0.1) is 0 Å². The third kappa shape index (κ3) is 3.53. The van der Waals surface area contributed by atoms with Crippen LogP contribution >= 0.6 is 0 Å². The molecule has 7 nitrogen and oxygen atoms in total. The van der Waals surface area contributed by atoms with E-state index in [1.165, 1.54) is 0 Å². The zero-order valence-electron chi connectivity index (χ0n) is 9.62. The molecule has 1 atom stereocenters. The van der Waals surface area contributed by atoms with Gasteiger partial charge in [0.25, 0.3) is 0 Å². The van der Waals surface area contributed by atoms with Crippen LogP contribution in [0.25, 0.3) is 0 Å². The van der Waals surface area contributed by atoms with Crippen molar-refractivity contribution in [2.75, 3.05) is 6.54 Å². The molecule has 0 bridgehead atoms. The SMILES string of the molecule is CC(C(=O)O)S(=O)(=O)NCCc1nccn1C. The summed E-state index contributed by atoms with van der Waals surface area (Å²) in [5.74, 6) is -0.634. The van der Waals surface area contributed by atoms with E-state index in [2.05, 4.69) is 9.71 Å². The Morgan fingerprint density at radius 1 is 1.65 bits per heavy atom. The first-order valence-electron chi connectivity index (χ1n) is 5.02. The first-order valence-corrected chi connectivity index (χ1v) is 6.56. The Kier molecular flexibility index (Phi) is 4.24. The summed E-state index contributed by atoms with van der Waals surface area (Å²) in [6, 6.07) is 0. The molecule has 0 saturated heterocycles. The zero-order valence-corrected chi connectivity index (χ0v) is 10.4. The van der Waals surface area contributed by atoms with E-state index in [4.69, 9.17) is 5.11 Å². The lowest BCUT2D eigenvalue weighted by Crippen LogP contribution is -2.38. The quantitative estimate of drug-likeness (QED) is 0.709. The van der Waals surface area contributed by atoms with Crippen molar-refractivity contribution in [1.29, 1.82) is 0 Å². The van der Waals surface area contributed by atoms with E-state index in [1.54, 1.807) is 24.0 Å². The third-order valence-corrected chi connectivity index (χ3v) is 4.13. The van der Waals surface area contributed by atoms with Crippen molar-refractivity contribution in [3.63, 3.8) is 0 Å². The summed E-state index contributed by atoms with van der Waals surface area (Å²) in [6.45, 7) is 1.26. The Morgan fingerprint density at radius 2 is 2.29 bits per heavy atom. The van der Waals surface area contributed by atoms with Crippen molar-refractivity contribution in [3.05, 3.63) is 18.2 Å². The second-order valence-electron chi connectivity index (χ2n) is 3.62. The molecular weight excluding hydrogens is 246 g/mol. The van der Waals surface area contributed by atoms with E-state index in [0.29, 0.717) is 6.42 Å². The Balaban J connectivity index is 2.52. The molecule has 8 heteroatoms. The molecule has 0 spiro atoms. The lowest BCUT2D eigenvalue weighted by molar-refractivity contribution is -0.136. The molecule has 0 aromatic carbocycles. The zero-order chi connectivity index (χ0) is 13.1. The number of sulfonamides is 1. The molecule has 0 fully saturated rings. The fourth-order valence-electron chi connectivity index (χ4n) is 1.20. The lowest BCUT2D eigenvalue weighted by Gasteiger charge is -2.09. The minimum absolute atomic E-state index is 0.130. The van der Waals surface area contributed by atoms with E-state index in [0.717, 1.165) is 12.7 Å². The first-order chi connectivity index (χ1) is 7.84. The highest BCUT2D eigenvalue weighted by Gasteiger charge is 2.26. The molecule has 2 N–H and O–H groups in total. The van der Waals surface area contributed by atoms with Gasteiger partial charge in [-0.15, -0.1) is 0 Å². The average molecular weight is 261 g/mol. The van der Waals surface area contributed by atoms with Crippen LogP contribution in [0.5, 0.6) is 0 Å². The predicted octanol–water partition coefficient (Wildman–Crippen LogP) is -0.645. The van der Waals surface area contributed by atoms with Crippen LogP contribution in [0.3, 0.4) is 0 Å². The van der Waals surface area contributed by atoms with Crippen LogP contribution in [0.15, 0.2) is 12.4 Å². The number of aryl methyl sites for hydroxylation is 1. The first kappa shape index (κ1) is 13.7. The lowest BCUT2D eigenvalue weighted by atomic mass is 10.4. The molecule has 1 unspecified atom stereocenters.